The molecular formula is C18H23N5O3. The van der Waals surface area contributed by atoms with Crippen molar-refractivity contribution in [2.24, 2.45) is 7.05 Å². The van der Waals surface area contributed by atoms with E-state index in [0.29, 0.717) is 12.3 Å². The monoisotopic (exact) mass is 357 g/mol. The van der Waals surface area contributed by atoms with Crippen molar-refractivity contribution in [2.75, 3.05) is 30.4 Å². The Kier molecular flexibility index (Phi) is 4.83. The van der Waals surface area contributed by atoms with Crippen LogP contribution in [0.2, 0.25) is 0 Å². The van der Waals surface area contributed by atoms with Gasteiger partial charge < -0.3 is 20.3 Å². The Bertz CT molecular complexity index is 845. The first-order valence-corrected chi connectivity index (χ1v) is 8.43. The Morgan fingerprint density at radius 3 is 2.69 bits per heavy atom. The Morgan fingerprint density at radius 2 is 2.04 bits per heavy atom. The molecule has 1 aromatic carbocycles. The molecule has 26 heavy (non-hydrogen) atoms. The first-order valence-electron chi connectivity index (χ1n) is 8.43. The lowest BCUT2D eigenvalue weighted by Crippen LogP contribution is -2.50. The van der Waals surface area contributed by atoms with Crippen molar-refractivity contribution < 1.29 is 14.3 Å². The molecule has 2 aromatic rings. The molecular weight excluding hydrogens is 334 g/mol. The van der Waals surface area contributed by atoms with Crippen LogP contribution in [0.5, 0.6) is 5.75 Å². The summed E-state index contributed by atoms with van der Waals surface area (Å²) in [6.07, 6.45) is -0.662. The van der Waals surface area contributed by atoms with Gasteiger partial charge in [-0.2, -0.15) is 5.10 Å². The van der Waals surface area contributed by atoms with Crippen LogP contribution in [0.25, 0.3) is 0 Å². The van der Waals surface area contributed by atoms with E-state index in [0.717, 1.165) is 22.8 Å². The van der Waals surface area contributed by atoms with E-state index in [1.54, 1.807) is 17.8 Å². The number of aromatic nitrogens is 2. The van der Waals surface area contributed by atoms with E-state index in [4.69, 9.17) is 4.74 Å². The van der Waals surface area contributed by atoms with Gasteiger partial charge in [0.2, 0.25) is 5.91 Å². The number of hydrogen-bond donors (Lipinski definition) is 2. The summed E-state index contributed by atoms with van der Waals surface area (Å²) in [6.45, 7) is 4.17. The number of anilines is 2. The first kappa shape index (κ1) is 17.8. The predicted molar refractivity (Wildman–Crippen MR) is 98.4 cm³/mol. The highest BCUT2D eigenvalue weighted by atomic mass is 16.5. The number of nitrogens with one attached hydrogen (secondary N) is 2. The molecule has 3 rings (SSSR count). The van der Waals surface area contributed by atoms with Gasteiger partial charge in [-0.3, -0.25) is 14.3 Å². The van der Waals surface area contributed by atoms with Gasteiger partial charge in [-0.15, -0.1) is 0 Å². The lowest BCUT2D eigenvalue weighted by Gasteiger charge is -2.35. The molecule has 1 aliphatic rings. The molecule has 0 saturated carbocycles. The van der Waals surface area contributed by atoms with Crippen LogP contribution in [0.15, 0.2) is 24.3 Å². The van der Waals surface area contributed by atoms with Crippen molar-refractivity contribution in [2.45, 2.75) is 20.0 Å². The van der Waals surface area contributed by atoms with Gasteiger partial charge in [0.1, 0.15) is 5.75 Å². The molecule has 0 fully saturated rings. The second-order valence-corrected chi connectivity index (χ2v) is 6.29. The van der Waals surface area contributed by atoms with E-state index in [-0.39, 0.29) is 18.4 Å². The van der Waals surface area contributed by atoms with Gasteiger partial charge in [0.25, 0.3) is 5.91 Å². The molecule has 1 aromatic heterocycles. The smallest absolute Gasteiger partial charge is 0.262 e. The standard InChI is InChI=1S/C18H23N5O3/c1-11-17(12(2)22(4)21-11)20-16(24)10-23-9-15(18(25)19-3)26-14-8-6-5-7-13(14)23/h5-8,15H,9-10H2,1-4H3,(H,19,25)(H,20,24)/t15-/m0/s1. The molecule has 0 radical (unpaired) electrons. The third-order valence-electron chi connectivity index (χ3n) is 4.51. The number of nitrogens with zero attached hydrogens (tertiary/aromatic N) is 3. The van der Waals surface area contributed by atoms with E-state index in [9.17, 15) is 9.59 Å². The van der Waals surface area contributed by atoms with Crippen LogP contribution in [0, 0.1) is 13.8 Å². The number of para-hydroxylation sites is 2. The van der Waals surface area contributed by atoms with Crippen LogP contribution < -0.4 is 20.3 Å². The average Bonchev–Trinajstić information content (AvgIpc) is 2.87. The van der Waals surface area contributed by atoms with Crippen LogP contribution >= 0.6 is 0 Å². The number of fused-ring (bicyclic) bond motifs is 1. The van der Waals surface area contributed by atoms with Crippen LogP contribution in [0.1, 0.15) is 11.4 Å². The maximum absolute atomic E-state index is 12.6. The van der Waals surface area contributed by atoms with Crippen molar-refractivity contribution in [3.05, 3.63) is 35.7 Å². The number of benzene rings is 1. The SMILES string of the molecule is CNC(=O)[C@@H]1CN(CC(=O)Nc2c(C)nn(C)c2C)c2ccccc2O1. The Morgan fingerprint density at radius 1 is 1.31 bits per heavy atom. The van der Waals surface area contributed by atoms with Gasteiger partial charge in [0, 0.05) is 14.1 Å². The summed E-state index contributed by atoms with van der Waals surface area (Å²) < 4.78 is 7.49. The fraction of sp³-hybridized carbons (Fsp3) is 0.389. The topological polar surface area (TPSA) is 88.5 Å². The minimum atomic E-state index is -0.662. The number of hydrogen-bond acceptors (Lipinski definition) is 5. The fourth-order valence-corrected chi connectivity index (χ4v) is 3.06. The quantitative estimate of drug-likeness (QED) is 0.852. The van der Waals surface area contributed by atoms with Gasteiger partial charge in [-0.25, -0.2) is 0 Å². The molecule has 0 aliphatic carbocycles. The molecule has 8 nitrogen and oxygen atoms in total. The minimum Gasteiger partial charge on any atom is -0.477 e. The molecule has 0 spiro atoms. The van der Waals surface area contributed by atoms with Crippen LogP contribution in [0.4, 0.5) is 11.4 Å². The summed E-state index contributed by atoms with van der Waals surface area (Å²) in [7, 11) is 3.40. The van der Waals surface area contributed by atoms with Gasteiger partial charge in [0.15, 0.2) is 6.10 Å². The molecule has 2 amide bonds. The van der Waals surface area contributed by atoms with Gasteiger partial charge in [-0.05, 0) is 26.0 Å². The van der Waals surface area contributed by atoms with E-state index < -0.39 is 6.10 Å². The number of rotatable bonds is 4. The van der Waals surface area contributed by atoms with Gasteiger partial charge in [0.05, 0.1) is 35.9 Å². The molecule has 138 valence electrons. The van der Waals surface area contributed by atoms with Crippen molar-refractivity contribution in [1.29, 1.82) is 0 Å². The molecule has 0 saturated heterocycles. The zero-order valence-electron chi connectivity index (χ0n) is 15.4. The summed E-state index contributed by atoms with van der Waals surface area (Å²) in [5.74, 6) is 0.203. The third kappa shape index (κ3) is 3.35. The summed E-state index contributed by atoms with van der Waals surface area (Å²) >= 11 is 0. The van der Waals surface area contributed by atoms with E-state index in [1.807, 2.05) is 44.0 Å². The number of carbonyl (C=O) groups excluding carboxylic acids is 2. The molecule has 1 aliphatic heterocycles. The molecule has 2 heterocycles. The normalized spacial score (nSPS) is 15.8. The molecule has 0 unspecified atom stereocenters. The zero-order chi connectivity index (χ0) is 18.8. The van der Waals surface area contributed by atoms with Crippen molar-refractivity contribution in [3.63, 3.8) is 0 Å². The highest BCUT2D eigenvalue weighted by molar-refractivity contribution is 5.95. The summed E-state index contributed by atoms with van der Waals surface area (Å²) in [5.41, 5.74) is 3.18. The lowest BCUT2D eigenvalue weighted by atomic mass is 10.1. The summed E-state index contributed by atoms with van der Waals surface area (Å²) in [6, 6.07) is 7.39. The van der Waals surface area contributed by atoms with Crippen LogP contribution in [-0.4, -0.2) is 47.8 Å². The molecule has 0 bridgehead atoms. The second-order valence-electron chi connectivity index (χ2n) is 6.29. The van der Waals surface area contributed by atoms with Crippen molar-refractivity contribution in [3.8, 4) is 5.75 Å². The van der Waals surface area contributed by atoms with E-state index >= 15 is 0 Å². The Hall–Kier alpha value is -3.03. The fourth-order valence-electron chi connectivity index (χ4n) is 3.06. The van der Waals surface area contributed by atoms with Gasteiger partial charge in [-0.1, -0.05) is 12.1 Å². The maximum atomic E-state index is 12.6. The molecule has 1 atom stereocenters. The first-order chi connectivity index (χ1) is 12.4. The summed E-state index contributed by atoms with van der Waals surface area (Å²) in [5, 5.41) is 9.83. The highest BCUT2D eigenvalue weighted by Crippen LogP contribution is 2.33. The number of likely N-dealkylation sites (N-methyl/N-ethyl adjacent to an activating group) is 1. The number of amides is 2. The van der Waals surface area contributed by atoms with E-state index in [2.05, 4.69) is 15.7 Å². The number of aryl methyl sites for hydroxylation is 2. The zero-order valence-corrected chi connectivity index (χ0v) is 15.4. The van der Waals surface area contributed by atoms with Crippen molar-refractivity contribution in [1.82, 2.24) is 15.1 Å². The Balaban J connectivity index is 1.79. The van der Waals surface area contributed by atoms with Crippen molar-refractivity contribution >= 4 is 23.2 Å². The van der Waals surface area contributed by atoms with Crippen LogP contribution in [0.3, 0.4) is 0 Å². The minimum absolute atomic E-state index is 0.113. The lowest BCUT2D eigenvalue weighted by molar-refractivity contribution is -0.127. The molecule has 8 heteroatoms. The maximum Gasteiger partial charge on any atom is 0.262 e. The largest absolute Gasteiger partial charge is 0.477 e. The van der Waals surface area contributed by atoms with E-state index in [1.165, 1.54) is 0 Å². The predicted octanol–water partition coefficient (Wildman–Crippen LogP) is 0.989. The van der Waals surface area contributed by atoms with Crippen LogP contribution in [-0.2, 0) is 16.6 Å². The highest BCUT2D eigenvalue weighted by Gasteiger charge is 2.31. The number of carbonyl (C=O) groups is 2. The van der Waals surface area contributed by atoms with Gasteiger partial charge >= 0.3 is 0 Å². The average molecular weight is 357 g/mol. The third-order valence-corrected chi connectivity index (χ3v) is 4.51. The Labute approximate surface area is 152 Å². The number of ether oxygens (including phenoxy) is 1. The summed E-state index contributed by atoms with van der Waals surface area (Å²) in [4.78, 5) is 26.5. The second kappa shape index (κ2) is 7.07. The molecule has 2 N–H and O–H groups in total.